The molecule has 0 spiro atoms. The van der Waals surface area contributed by atoms with Crippen LogP contribution in [0, 0.1) is 0 Å². The minimum Gasteiger partial charge on any atom is -0.316 e. The summed E-state index contributed by atoms with van der Waals surface area (Å²) < 4.78 is 2.10. The van der Waals surface area contributed by atoms with Gasteiger partial charge in [-0.2, -0.15) is 0 Å². The lowest BCUT2D eigenvalue weighted by Crippen LogP contribution is -1.81. The fraction of sp³-hybridized carbons (Fsp3) is 0. The summed E-state index contributed by atoms with van der Waals surface area (Å²) in [5, 5.41) is 3.35. The van der Waals surface area contributed by atoms with Gasteiger partial charge in [0.05, 0.1) is 5.00 Å². The van der Waals surface area contributed by atoms with E-state index in [-0.39, 0.29) is 1.43 Å². The van der Waals surface area contributed by atoms with E-state index in [0.717, 1.165) is 0 Å². The van der Waals surface area contributed by atoms with E-state index in [4.69, 9.17) is 0 Å². The van der Waals surface area contributed by atoms with Gasteiger partial charge < -0.3 is 4.57 Å². The molecular weight excluding hydrogens is 142 g/mol. The van der Waals surface area contributed by atoms with Crippen LogP contribution in [0.3, 0.4) is 0 Å². The van der Waals surface area contributed by atoms with Crippen LogP contribution in [0.2, 0.25) is 0 Å². The van der Waals surface area contributed by atoms with Crippen molar-refractivity contribution in [2.75, 3.05) is 0 Å². The lowest BCUT2D eigenvalue weighted by molar-refractivity contribution is 1.11. The molecular formula is C8H8NS+. The van der Waals surface area contributed by atoms with E-state index in [1.807, 2.05) is 24.5 Å². The van der Waals surface area contributed by atoms with Crippen LogP contribution in [0.15, 0.2) is 42.0 Å². The Balaban J connectivity index is 0.000000605. The summed E-state index contributed by atoms with van der Waals surface area (Å²) in [6.45, 7) is 0. The summed E-state index contributed by atoms with van der Waals surface area (Å²) in [7, 11) is 0. The van der Waals surface area contributed by atoms with Gasteiger partial charge in [0, 0.05) is 12.4 Å². The van der Waals surface area contributed by atoms with Crippen molar-refractivity contribution in [1.29, 1.82) is 0 Å². The lowest BCUT2D eigenvalue weighted by Gasteiger charge is -1.93. The van der Waals surface area contributed by atoms with Crippen molar-refractivity contribution in [3.63, 3.8) is 0 Å². The van der Waals surface area contributed by atoms with Gasteiger partial charge in [0.15, 0.2) is 0 Å². The van der Waals surface area contributed by atoms with Gasteiger partial charge in [-0.15, -0.1) is 11.3 Å². The van der Waals surface area contributed by atoms with Crippen LogP contribution in [-0.4, -0.2) is 4.57 Å². The maximum atomic E-state index is 2.10. The van der Waals surface area contributed by atoms with E-state index in [1.54, 1.807) is 11.3 Å². The van der Waals surface area contributed by atoms with Gasteiger partial charge in [0.25, 0.3) is 0 Å². The molecule has 2 aromatic rings. The van der Waals surface area contributed by atoms with Crippen LogP contribution < -0.4 is 0 Å². The standard InChI is InChI=1S/C8H7NS/c1-2-6-9(5-1)8-4-3-7-10-8/h1-7H/p+1. The smallest absolute Gasteiger partial charge is 0.316 e. The number of rotatable bonds is 1. The van der Waals surface area contributed by atoms with Crippen LogP contribution in [-0.2, 0) is 0 Å². The molecule has 0 aliphatic heterocycles. The van der Waals surface area contributed by atoms with E-state index in [9.17, 15) is 0 Å². The predicted octanol–water partition coefficient (Wildman–Crippen LogP) is 2.65. The second-order valence-corrected chi connectivity index (χ2v) is 2.97. The third-order valence-corrected chi connectivity index (χ3v) is 2.25. The van der Waals surface area contributed by atoms with Crippen molar-refractivity contribution in [2.24, 2.45) is 0 Å². The Labute approximate surface area is 65.0 Å². The van der Waals surface area contributed by atoms with E-state index in [1.165, 1.54) is 5.00 Å². The molecule has 2 aromatic heterocycles. The van der Waals surface area contributed by atoms with Crippen molar-refractivity contribution in [3.8, 4) is 5.00 Å². The van der Waals surface area contributed by atoms with Crippen LogP contribution in [0.5, 0.6) is 0 Å². The first-order valence-electron chi connectivity index (χ1n) is 3.14. The van der Waals surface area contributed by atoms with E-state index in [0.29, 0.717) is 0 Å². The second-order valence-electron chi connectivity index (χ2n) is 2.04. The molecule has 0 aliphatic rings. The molecule has 50 valence electrons. The molecule has 0 bridgehead atoms. The normalized spacial score (nSPS) is 10.0. The Morgan fingerprint density at radius 2 is 2.00 bits per heavy atom. The van der Waals surface area contributed by atoms with Crippen LogP contribution >= 0.6 is 11.3 Å². The predicted molar refractivity (Wildman–Crippen MR) is 44.8 cm³/mol. The zero-order chi connectivity index (χ0) is 6.81. The summed E-state index contributed by atoms with van der Waals surface area (Å²) >= 11 is 1.74. The molecule has 2 heterocycles. The van der Waals surface area contributed by atoms with Crippen molar-refractivity contribution in [3.05, 3.63) is 42.0 Å². The minimum absolute atomic E-state index is 0. The molecule has 2 rings (SSSR count). The molecule has 0 radical (unpaired) electrons. The van der Waals surface area contributed by atoms with Crippen LogP contribution in [0.25, 0.3) is 5.00 Å². The average Bonchev–Trinajstić information content (AvgIpc) is 2.59. The maximum absolute atomic E-state index is 2.10. The van der Waals surface area contributed by atoms with E-state index in [2.05, 4.69) is 22.1 Å². The Bertz CT molecular complexity index is 254. The third-order valence-electron chi connectivity index (χ3n) is 1.37. The van der Waals surface area contributed by atoms with Gasteiger partial charge >= 0.3 is 1.43 Å². The van der Waals surface area contributed by atoms with Gasteiger partial charge in [0.1, 0.15) is 0 Å². The zero-order valence-corrected chi connectivity index (χ0v) is 6.21. The number of hydrogen-bond donors (Lipinski definition) is 0. The second kappa shape index (κ2) is 2.31. The fourth-order valence-corrected chi connectivity index (χ4v) is 1.60. The molecule has 0 amide bonds. The van der Waals surface area contributed by atoms with Crippen molar-refractivity contribution < 1.29 is 1.43 Å². The summed E-state index contributed by atoms with van der Waals surface area (Å²) in [6.07, 6.45) is 4.09. The molecule has 2 heteroatoms. The number of thiophene rings is 1. The van der Waals surface area contributed by atoms with Gasteiger partial charge in [-0.1, -0.05) is 0 Å². The highest BCUT2D eigenvalue weighted by Gasteiger charge is 1.91. The van der Waals surface area contributed by atoms with Crippen molar-refractivity contribution >= 4 is 11.3 Å². The quantitative estimate of drug-likeness (QED) is 0.589. The Hall–Kier alpha value is -1.02. The molecule has 0 saturated carbocycles. The molecule has 10 heavy (non-hydrogen) atoms. The average molecular weight is 150 g/mol. The van der Waals surface area contributed by atoms with E-state index >= 15 is 0 Å². The van der Waals surface area contributed by atoms with Crippen molar-refractivity contribution in [2.45, 2.75) is 0 Å². The molecule has 0 aliphatic carbocycles. The first kappa shape index (κ1) is 5.74. The SMILES string of the molecule is [H+].c1csc(-n2cccc2)c1. The monoisotopic (exact) mass is 150 g/mol. The summed E-state index contributed by atoms with van der Waals surface area (Å²) in [5.74, 6) is 0. The van der Waals surface area contributed by atoms with Crippen LogP contribution in [0.1, 0.15) is 1.43 Å². The topological polar surface area (TPSA) is 4.93 Å². The molecule has 0 unspecified atom stereocenters. The highest BCUT2D eigenvalue weighted by Crippen LogP contribution is 2.13. The van der Waals surface area contributed by atoms with Crippen molar-refractivity contribution in [1.82, 2.24) is 4.57 Å². The Morgan fingerprint density at radius 3 is 2.60 bits per heavy atom. The van der Waals surface area contributed by atoms with Gasteiger partial charge in [0.2, 0.25) is 0 Å². The molecule has 0 aromatic carbocycles. The van der Waals surface area contributed by atoms with Crippen LogP contribution in [0.4, 0.5) is 0 Å². The Morgan fingerprint density at radius 1 is 1.20 bits per heavy atom. The summed E-state index contributed by atoms with van der Waals surface area (Å²) in [6, 6.07) is 8.21. The lowest BCUT2D eigenvalue weighted by atomic mass is 10.6. The number of hydrogen-bond acceptors (Lipinski definition) is 1. The first-order valence-corrected chi connectivity index (χ1v) is 4.01. The fourth-order valence-electron chi connectivity index (χ4n) is 0.898. The molecule has 0 saturated heterocycles. The summed E-state index contributed by atoms with van der Waals surface area (Å²) in [5.41, 5.74) is 0. The first-order chi connectivity index (χ1) is 4.97. The maximum Gasteiger partial charge on any atom is 1.00 e. The highest BCUT2D eigenvalue weighted by atomic mass is 32.1. The number of nitrogens with zero attached hydrogens (tertiary/aromatic N) is 1. The van der Waals surface area contributed by atoms with Gasteiger partial charge in [-0.05, 0) is 29.6 Å². The number of aromatic nitrogens is 1. The third kappa shape index (κ3) is 0.866. The highest BCUT2D eigenvalue weighted by molar-refractivity contribution is 7.12. The van der Waals surface area contributed by atoms with E-state index < -0.39 is 0 Å². The minimum atomic E-state index is 0. The molecule has 0 fully saturated rings. The van der Waals surface area contributed by atoms with Gasteiger partial charge in [-0.25, -0.2) is 0 Å². The molecule has 1 nitrogen and oxygen atoms in total. The zero-order valence-electron chi connectivity index (χ0n) is 6.40. The largest absolute Gasteiger partial charge is 1.00 e. The molecule has 0 N–H and O–H groups in total. The molecule has 0 atom stereocenters. The Kier molecular flexibility index (Phi) is 1.32. The van der Waals surface area contributed by atoms with Gasteiger partial charge in [-0.3, -0.25) is 0 Å². The summed E-state index contributed by atoms with van der Waals surface area (Å²) in [4.78, 5) is 0.